The van der Waals surface area contributed by atoms with Crippen LogP contribution in [0.4, 0.5) is 0 Å². The van der Waals surface area contributed by atoms with E-state index in [1.54, 1.807) is 14.2 Å². The second kappa shape index (κ2) is 6.80. The summed E-state index contributed by atoms with van der Waals surface area (Å²) >= 11 is 0. The molecule has 2 heteroatoms. The van der Waals surface area contributed by atoms with Crippen molar-refractivity contribution in [1.29, 1.82) is 0 Å². The first kappa shape index (κ1) is 14.2. The van der Waals surface area contributed by atoms with Crippen LogP contribution in [0.3, 0.4) is 0 Å². The van der Waals surface area contributed by atoms with Crippen molar-refractivity contribution >= 4 is 6.08 Å². The van der Waals surface area contributed by atoms with Gasteiger partial charge in [-0.25, -0.2) is 0 Å². The summed E-state index contributed by atoms with van der Waals surface area (Å²) in [7, 11) is 3.30. The Morgan fingerprint density at radius 3 is 2.40 bits per heavy atom. The average molecular weight is 268 g/mol. The Labute approximate surface area is 120 Å². The minimum absolute atomic E-state index is 0.753. The first-order valence-corrected chi connectivity index (χ1v) is 6.67. The van der Waals surface area contributed by atoms with Gasteiger partial charge in [0.1, 0.15) is 0 Å². The van der Waals surface area contributed by atoms with E-state index in [9.17, 15) is 0 Å². The van der Waals surface area contributed by atoms with Crippen molar-refractivity contribution in [1.82, 2.24) is 0 Å². The molecule has 2 nitrogen and oxygen atoms in total. The molecular formula is C18H20O2. The Morgan fingerprint density at radius 2 is 1.70 bits per heavy atom. The Kier molecular flexibility index (Phi) is 4.83. The van der Waals surface area contributed by atoms with Gasteiger partial charge in [0.05, 0.1) is 14.2 Å². The van der Waals surface area contributed by atoms with E-state index in [1.807, 2.05) is 18.2 Å². The van der Waals surface area contributed by atoms with Crippen LogP contribution in [0, 0.1) is 6.92 Å². The van der Waals surface area contributed by atoms with Crippen LogP contribution in [-0.2, 0) is 6.42 Å². The molecule has 0 unspecified atom stereocenters. The molecule has 0 radical (unpaired) electrons. The number of methoxy groups -OCH3 is 2. The number of hydrogen-bond donors (Lipinski definition) is 0. The lowest BCUT2D eigenvalue weighted by molar-refractivity contribution is 0.355. The van der Waals surface area contributed by atoms with Crippen molar-refractivity contribution < 1.29 is 9.47 Å². The molecule has 2 rings (SSSR count). The number of hydrogen-bond acceptors (Lipinski definition) is 2. The zero-order valence-electron chi connectivity index (χ0n) is 12.2. The normalized spacial score (nSPS) is 10.8. The second-order valence-corrected chi connectivity index (χ2v) is 4.65. The smallest absolute Gasteiger partial charge is 0.161 e. The van der Waals surface area contributed by atoms with Crippen molar-refractivity contribution in [2.45, 2.75) is 13.3 Å². The third kappa shape index (κ3) is 3.41. The SMILES string of the molecule is COc1ccc(/C=C/Cc2ccccc2C)cc1OC. The predicted molar refractivity (Wildman–Crippen MR) is 83.5 cm³/mol. The fourth-order valence-electron chi connectivity index (χ4n) is 2.12. The van der Waals surface area contributed by atoms with Gasteiger partial charge in [-0.15, -0.1) is 0 Å². The van der Waals surface area contributed by atoms with Gasteiger partial charge in [0.25, 0.3) is 0 Å². The molecule has 2 aromatic rings. The minimum Gasteiger partial charge on any atom is -0.493 e. The van der Waals surface area contributed by atoms with Crippen LogP contribution in [-0.4, -0.2) is 14.2 Å². The standard InChI is InChI=1S/C18H20O2/c1-14-7-4-5-9-16(14)10-6-8-15-11-12-17(19-2)18(13-15)20-3/h4-9,11-13H,10H2,1-3H3/b8-6+. The van der Waals surface area contributed by atoms with E-state index in [0.717, 1.165) is 23.5 Å². The van der Waals surface area contributed by atoms with E-state index in [-0.39, 0.29) is 0 Å². The highest BCUT2D eigenvalue weighted by molar-refractivity contribution is 5.56. The first-order chi connectivity index (χ1) is 9.74. The predicted octanol–water partition coefficient (Wildman–Crippen LogP) is 4.27. The molecule has 0 amide bonds. The molecule has 0 fully saturated rings. The lowest BCUT2D eigenvalue weighted by Gasteiger charge is -2.07. The number of ether oxygens (including phenoxy) is 2. The third-order valence-electron chi connectivity index (χ3n) is 3.32. The van der Waals surface area contributed by atoms with Crippen LogP contribution >= 0.6 is 0 Å². The van der Waals surface area contributed by atoms with Crippen LogP contribution < -0.4 is 9.47 Å². The highest BCUT2D eigenvalue weighted by atomic mass is 16.5. The van der Waals surface area contributed by atoms with E-state index in [1.165, 1.54) is 11.1 Å². The average Bonchev–Trinajstić information content (AvgIpc) is 2.49. The van der Waals surface area contributed by atoms with Crippen molar-refractivity contribution in [2.24, 2.45) is 0 Å². The van der Waals surface area contributed by atoms with Gasteiger partial charge in [-0.1, -0.05) is 42.5 Å². The van der Waals surface area contributed by atoms with Crippen LogP contribution in [0.25, 0.3) is 6.08 Å². The highest BCUT2D eigenvalue weighted by Gasteiger charge is 2.02. The van der Waals surface area contributed by atoms with Gasteiger partial charge in [0, 0.05) is 0 Å². The highest BCUT2D eigenvalue weighted by Crippen LogP contribution is 2.28. The molecule has 0 aliphatic heterocycles. The molecule has 0 heterocycles. The largest absolute Gasteiger partial charge is 0.493 e. The van der Waals surface area contributed by atoms with Gasteiger partial charge in [0.15, 0.2) is 11.5 Å². The first-order valence-electron chi connectivity index (χ1n) is 6.67. The molecule has 0 atom stereocenters. The number of allylic oxidation sites excluding steroid dienone is 1. The van der Waals surface area contributed by atoms with E-state index < -0.39 is 0 Å². The van der Waals surface area contributed by atoms with Gasteiger partial charge < -0.3 is 9.47 Å². The molecule has 0 spiro atoms. The maximum Gasteiger partial charge on any atom is 0.161 e. The quantitative estimate of drug-likeness (QED) is 0.806. The summed E-state index contributed by atoms with van der Waals surface area (Å²) in [6.45, 7) is 2.14. The lowest BCUT2D eigenvalue weighted by Crippen LogP contribution is -1.90. The Bertz CT molecular complexity index is 600. The van der Waals surface area contributed by atoms with E-state index in [2.05, 4.69) is 43.3 Å². The molecule has 2 aromatic carbocycles. The van der Waals surface area contributed by atoms with Crippen LogP contribution in [0.2, 0.25) is 0 Å². The number of aryl methyl sites for hydroxylation is 1. The summed E-state index contributed by atoms with van der Waals surface area (Å²) in [5.41, 5.74) is 3.78. The van der Waals surface area contributed by atoms with E-state index in [4.69, 9.17) is 9.47 Å². The topological polar surface area (TPSA) is 18.5 Å². The summed E-state index contributed by atoms with van der Waals surface area (Å²) in [6, 6.07) is 14.4. The maximum absolute atomic E-state index is 5.30. The van der Waals surface area contributed by atoms with Gasteiger partial charge in [-0.2, -0.15) is 0 Å². The molecule has 104 valence electrons. The molecule has 0 aliphatic rings. The van der Waals surface area contributed by atoms with Gasteiger partial charge in [0.2, 0.25) is 0 Å². The number of benzene rings is 2. The van der Waals surface area contributed by atoms with Crippen molar-refractivity contribution in [2.75, 3.05) is 14.2 Å². The Hall–Kier alpha value is -2.22. The third-order valence-corrected chi connectivity index (χ3v) is 3.32. The molecule has 0 N–H and O–H groups in total. The summed E-state index contributed by atoms with van der Waals surface area (Å²) in [5.74, 6) is 1.51. The van der Waals surface area contributed by atoms with Crippen LogP contribution in [0.15, 0.2) is 48.5 Å². The minimum atomic E-state index is 0.753. The fraction of sp³-hybridized carbons (Fsp3) is 0.222. The van der Waals surface area contributed by atoms with Gasteiger partial charge in [-0.3, -0.25) is 0 Å². The summed E-state index contributed by atoms with van der Waals surface area (Å²) < 4.78 is 10.5. The van der Waals surface area contributed by atoms with Crippen molar-refractivity contribution in [3.8, 4) is 11.5 Å². The molecule has 0 saturated carbocycles. The van der Waals surface area contributed by atoms with Gasteiger partial charge >= 0.3 is 0 Å². The molecular weight excluding hydrogens is 248 g/mol. The monoisotopic (exact) mass is 268 g/mol. The molecule has 0 aliphatic carbocycles. The van der Waals surface area contributed by atoms with Gasteiger partial charge in [-0.05, 0) is 42.2 Å². The lowest BCUT2D eigenvalue weighted by atomic mass is 10.1. The zero-order valence-corrected chi connectivity index (χ0v) is 12.2. The van der Waals surface area contributed by atoms with E-state index in [0.29, 0.717) is 0 Å². The molecule has 0 bridgehead atoms. The fourth-order valence-corrected chi connectivity index (χ4v) is 2.12. The summed E-state index contributed by atoms with van der Waals surface area (Å²) in [5, 5.41) is 0. The number of rotatable bonds is 5. The molecule has 0 saturated heterocycles. The Morgan fingerprint density at radius 1 is 0.950 bits per heavy atom. The molecule has 20 heavy (non-hydrogen) atoms. The van der Waals surface area contributed by atoms with Crippen molar-refractivity contribution in [3.63, 3.8) is 0 Å². The van der Waals surface area contributed by atoms with Crippen LogP contribution in [0.1, 0.15) is 16.7 Å². The van der Waals surface area contributed by atoms with Crippen molar-refractivity contribution in [3.05, 3.63) is 65.2 Å². The summed E-state index contributed by atoms with van der Waals surface area (Å²) in [6.07, 6.45) is 5.21. The van der Waals surface area contributed by atoms with E-state index >= 15 is 0 Å². The van der Waals surface area contributed by atoms with Crippen LogP contribution in [0.5, 0.6) is 11.5 Å². The summed E-state index contributed by atoms with van der Waals surface area (Å²) in [4.78, 5) is 0. The maximum atomic E-state index is 5.30. The second-order valence-electron chi connectivity index (χ2n) is 4.65. The molecule has 0 aromatic heterocycles. The Balaban J connectivity index is 2.10. The zero-order chi connectivity index (χ0) is 14.4.